The summed E-state index contributed by atoms with van der Waals surface area (Å²) < 4.78 is 5.67. The van der Waals surface area contributed by atoms with Crippen LogP contribution in [0.1, 0.15) is 22.3 Å². The maximum Gasteiger partial charge on any atom is 0.319 e. The van der Waals surface area contributed by atoms with Gasteiger partial charge in [0.15, 0.2) is 0 Å². The van der Waals surface area contributed by atoms with Gasteiger partial charge >= 0.3 is 6.03 Å². The lowest BCUT2D eigenvalue weighted by atomic mass is 10.1. The Morgan fingerprint density at radius 3 is 2.22 bits per heavy atom. The average Bonchev–Trinajstić information content (AvgIpc) is 2.47. The minimum Gasteiger partial charge on any atom is -0.492 e. The molecular formula is C19H24N2O2. The van der Waals surface area contributed by atoms with E-state index in [1.807, 2.05) is 58.0 Å². The predicted octanol–water partition coefficient (Wildman–Crippen LogP) is 4.12. The maximum absolute atomic E-state index is 12.0. The van der Waals surface area contributed by atoms with E-state index in [0.717, 1.165) is 22.6 Å². The number of benzene rings is 2. The Kier molecular flexibility index (Phi) is 5.63. The van der Waals surface area contributed by atoms with E-state index in [-0.39, 0.29) is 6.03 Å². The molecule has 0 aromatic heterocycles. The van der Waals surface area contributed by atoms with E-state index in [0.29, 0.717) is 13.2 Å². The summed E-state index contributed by atoms with van der Waals surface area (Å²) in [5, 5.41) is 5.70. The van der Waals surface area contributed by atoms with Gasteiger partial charge in [0, 0.05) is 5.69 Å². The Morgan fingerprint density at radius 1 is 1.00 bits per heavy atom. The number of ether oxygens (including phenoxy) is 1. The second-order valence-electron chi connectivity index (χ2n) is 5.82. The van der Waals surface area contributed by atoms with Crippen molar-refractivity contribution in [3.8, 4) is 5.75 Å². The van der Waals surface area contributed by atoms with Crippen molar-refractivity contribution in [2.45, 2.75) is 27.7 Å². The van der Waals surface area contributed by atoms with Crippen molar-refractivity contribution in [2.24, 2.45) is 0 Å². The van der Waals surface area contributed by atoms with Crippen molar-refractivity contribution < 1.29 is 9.53 Å². The SMILES string of the molecule is Cc1cc(C)cc(OCCNC(=O)Nc2c(C)cccc2C)c1. The number of carbonyl (C=O) groups excluding carboxylic acids is 1. The van der Waals surface area contributed by atoms with Gasteiger partial charge in [-0.25, -0.2) is 4.79 Å². The summed E-state index contributed by atoms with van der Waals surface area (Å²) in [4.78, 5) is 12.0. The lowest BCUT2D eigenvalue weighted by Gasteiger charge is -2.13. The predicted molar refractivity (Wildman–Crippen MR) is 94.3 cm³/mol. The van der Waals surface area contributed by atoms with Crippen LogP contribution in [0.15, 0.2) is 36.4 Å². The number of urea groups is 1. The average molecular weight is 312 g/mol. The van der Waals surface area contributed by atoms with Gasteiger partial charge in [-0.2, -0.15) is 0 Å². The molecule has 0 fully saturated rings. The molecule has 0 aliphatic carbocycles. The highest BCUT2D eigenvalue weighted by Gasteiger charge is 2.06. The Morgan fingerprint density at radius 2 is 1.61 bits per heavy atom. The van der Waals surface area contributed by atoms with E-state index < -0.39 is 0 Å². The lowest BCUT2D eigenvalue weighted by Crippen LogP contribution is -2.32. The largest absolute Gasteiger partial charge is 0.492 e. The van der Waals surface area contributed by atoms with E-state index >= 15 is 0 Å². The number of nitrogens with one attached hydrogen (secondary N) is 2. The van der Waals surface area contributed by atoms with Crippen LogP contribution in [0.25, 0.3) is 0 Å². The minimum absolute atomic E-state index is 0.216. The third kappa shape index (κ3) is 5.02. The number of para-hydroxylation sites is 1. The fourth-order valence-corrected chi connectivity index (χ4v) is 2.52. The van der Waals surface area contributed by atoms with E-state index in [2.05, 4.69) is 16.7 Å². The molecule has 0 spiro atoms. The number of hydrogen-bond donors (Lipinski definition) is 2. The summed E-state index contributed by atoms with van der Waals surface area (Å²) in [5.41, 5.74) is 5.29. The Balaban J connectivity index is 1.79. The molecule has 2 amide bonds. The third-order valence-electron chi connectivity index (χ3n) is 3.57. The van der Waals surface area contributed by atoms with Crippen molar-refractivity contribution in [1.82, 2.24) is 5.32 Å². The molecule has 0 saturated heterocycles. The van der Waals surface area contributed by atoms with Crippen LogP contribution in [0.4, 0.5) is 10.5 Å². The van der Waals surface area contributed by atoms with Crippen molar-refractivity contribution >= 4 is 11.7 Å². The molecule has 2 aromatic carbocycles. The van der Waals surface area contributed by atoms with Crippen LogP contribution in [0.5, 0.6) is 5.75 Å². The van der Waals surface area contributed by atoms with Gasteiger partial charge in [0.05, 0.1) is 6.54 Å². The molecule has 2 N–H and O–H groups in total. The van der Waals surface area contributed by atoms with E-state index in [1.54, 1.807) is 0 Å². The number of carbonyl (C=O) groups is 1. The molecule has 2 aromatic rings. The first kappa shape index (κ1) is 16.9. The lowest BCUT2D eigenvalue weighted by molar-refractivity contribution is 0.247. The summed E-state index contributed by atoms with van der Waals surface area (Å²) in [7, 11) is 0. The van der Waals surface area contributed by atoms with Gasteiger partial charge in [-0.1, -0.05) is 24.3 Å². The molecule has 4 nitrogen and oxygen atoms in total. The van der Waals surface area contributed by atoms with Crippen LogP contribution in [-0.2, 0) is 0 Å². The topological polar surface area (TPSA) is 50.4 Å². The van der Waals surface area contributed by atoms with E-state index in [9.17, 15) is 4.79 Å². The number of rotatable bonds is 5. The molecule has 0 aliphatic rings. The fourth-order valence-electron chi connectivity index (χ4n) is 2.52. The third-order valence-corrected chi connectivity index (χ3v) is 3.57. The van der Waals surface area contributed by atoms with E-state index in [1.165, 1.54) is 11.1 Å². The molecule has 0 aliphatic heterocycles. The first-order chi connectivity index (χ1) is 11.0. The van der Waals surface area contributed by atoms with Gasteiger partial charge in [0.25, 0.3) is 0 Å². The van der Waals surface area contributed by atoms with E-state index in [4.69, 9.17) is 4.74 Å². The summed E-state index contributed by atoms with van der Waals surface area (Å²) in [6.07, 6.45) is 0. The molecule has 0 radical (unpaired) electrons. The molecule has 0 heterocycles. The molecule has 4 heteroatoms. The number of aryl methyl sites for hydroxylation is 4. The zero-order valence-electron chi connectivity index (χ0n) is 14.2. The fraction of sp³-hybridized carbons (Fsp3) is 0.316. The second kappa shape index (κ2) is 7.68. The highest BCUT2D eigenvalue weighted by Crippen LogP contribution is 2.19. The first-order valence-electron chi connectivity index (χ1n) is 7.78. The molecule has 0 saturated carbocycles. The number of amides is 2. The highest BCUT2D eigenvalue weighted by atomic mass is 16.5. The summed E-state index contributed by atoms with van der Waals surface area (Å²) in [6.45, 7) is 8.91. The normalized spacial score (nSPS) is 10.3. The highest BCUT2D eigenvalue weighted by molar-refractivity contribution is 5.90. The molecule has 0 unspecified atom stereocenters. The zero-order valence-corrected chi connectivity index (χ0v) is 14.2. The summed E-state index contributed by atoms with van der Waals surface area (Å²) in [5.74, 6) is 0.833. The Labute approximate surface area is 137 Å². The van der Waals surface area contributed by atoms with Crippen molar-refractivity contribution in [3.63, 3.8) is 0 Å². The Hall–Kier alpha value is -2.49. The monoisotopic (exact) mass is 312 g/mol. The Bertz CT molecular complexity index is 655. The first-order valence-corrected chi connectivity index (χ1v) is 7.78. The van der Waals surface area contributed by atoms with Crippen LogP contribution >= 0.6 is 0 Å². The van der Waals surface area contributed by atoms with Gasteiger partial charge in [0.2, 0.25) is 0 Å². The second-order valence-corrected chi connectivity index (χ2v) is 5.82. The van der Waals surface area contributed by atoms with Crippen molar-refractivity contribution in [1.29, 1.82) is 0 Å². The molecule has 23 heavy (non-hydrogen) atoms. The van der Waals surface area contributed by atoms with Gasteiger partial charge in [-0.05, 0) is 62.1 Å². The quantitative estimate of drug-likeness (QED) is 0.816. The molecular weight excluding hydrogens is 288 g/mol. The van der Waals surface area contributed by atoms with Crippen molar-refractivity contribution in [3.05, 3.63) is 58.7 Å². The van der Waals surface area contributed by atoms with Crippen molar-refractivity contribution in [2.75, 3.05) is 18.5 Å². The number of hydrogen-bond acceptors (Lipinski definition) is 2. The standard InChI is InChI=1S/C19H24N2O2/c1-13-10-14(2)12-17(11-13)23-9-8-20-19(22)21-18-15(3)6-5-7-16(18)4/h5-7,10-12H,8-9H2,1-4H3,(H2,20,21,22). The maximum atomic E-state index is 12.0. The minimum atomic E-state index is -0.216. The summed E-state index contributed by atoms with van der Waals surface area (Å²) >= 11 is 0. The molecule has 0 atom stereocenters. The van der Waals surface area contributed by atoms with Gasteiger partial charge in [-0.3, -0.25) is 0 Å². The number of anilines is 1. The molecule has 122 valence electrons. The van der Waals surface area contributed by atoms with Crippen LogP contribution in [0.2, 0.25) is 0 Å². The van der Waals surface area contributed by atoms with Crippen LogP contribution in [0, 0.1) is 27.7 Å². The van der Waals surface area contributed by atoms with Gasteiger partial charge in [-0.15, -0.1) is 0 Å². The smallest absolute Gasteiger partial charge is 0.319 e. The van der Waals surface area contributed by atoms with Gasteiger partial charge < -0.3 is 15.4 Å². The van der Waals surface area contributed by atoms with Gasteiger partial charge in [0.1, 0.15) is 12.4 Å². The zero-order chi connectivity index (χ0) is 16.8. The summed E-state index contributed by atoms with van der Waals surface area (Å²) in [6, 6.07) is 11.8. The van der Waals surface area contributed by atoms with Crippen LogP contribution in [-0.4, -0.2) is 19.2 Å². The molecule has 0 bridgehead atoms. The van der Waals surface area contributed by atoms with Crippen LogP contribution in [0.3, 0.4) is 0 Å². The van der Waals surface area contributed by atoms with Crippen LogP contribution < -0.4 is 15.4 Å². The molecule has 2 rings (SSSR count).